The molecule has 0 bridgehead atoms. The summed E-state index contributed by atoms with van der Waals surface area (Å²) in [5, 5.41) is 3.30. The molecule has 0 aliphatic heterocycles. The smallest absolute Gasteiger partial charge is 0.332 e. The Bertz CT molecular complexity index is 1080. The molecular formula is C22H25N3O3. The fourth-order valence-corrected chi connectivity index (χ4v) is 3.39. The van der Waals surface area contributed by atoms with Gasteiger partial charge in [-0.25, -0.2) is 4.79 Å². The molecule has 3 rings (SSSR count). The highest BCUT2D eigenvalue weighted by atomic mass is 16.2. The van der Waals surface area contributed by atoms with Crippen molar-refractivity contribution in [2.45, 2.75) is 39.3 Å². The molecular weight excluding hydrogens is 354 g/mol. The SMILES string of the molecule is CCCNC(=O)[C@H](CC)n1c(=O)n(Cc2ccccc2)c(=O)c2ccccc21. The molecule has 1 atom stereocenters. The molecule has 0 spiro atoms. The Morgan fingerprint density at radius 3 is 2.36 bits per heavy atom. The van der Waals surface area contributed by atoms with Crippen LogP contribution in [0.2, 0.25) is 0 Å². The summed E-state index contributed by atoms with van der Waals surface area (Å²) in [4.78, 5) is 39.1. The maximum Gasteiger partial charge on any atom is 0.332 e. The lowest BCUT2D eigenvalue weighted by Crippen LogP contribution is -2.45. The van der Waals surface area contributed by atoms with Crippen LogP contribution in [-0.2, 0) is 11.3 Å². The highest BCUT2D eigenvalue weighted by Gasteiger charge is 2.24. The average molecular weight is 379 g/mol. The van der Waals surface area contributed by atoms with Crippen molar-refractivity contribution in [1.82, 2.24) is 14.5 Å². The van der Waals surface area contributed by atoms with Crippen molar-refractivity contribution in [3.05, 3.63) is 81.0 Å². The molecule has 28 heavy (non-hydrogen) atoms. The summed E-state index contributed by atoms with van der Waals surface area (Å²) in [6, 6.07) is 15.7. The molecule has 1 amide bonds. The number of hydrogen-bond acceptors (Lipinski definition) is 3. The Kier molecular flexibility index (Phi) is 6.09. The molecule has 0 aliphatic rings. The van der Waals surface area contributed by atoms with Gasteiger partial charge >= 0.3 is 5.69 Å². The number of nitrogens with zero attached hydrogens (tertiary/aromatic N) is 2. The number of rotatable bonds is 7. The minimum atomic E-state index is -0.674. The van der Waals surface area contributed by atoms with Gasteiger partial charge in [0, 0.05) is 6.54 Å². The van der Waals surface area contributed by atoms with Gasteiger partial charge in [0.05, 0.1) is 17.4 Å². The van der Waals surface area contributed by atoms with E-state index in [0.717, 1.165) is 12.0 Å². The van der Waals surface area contributed by atoms with Crippen LogP contribution in [0, 0.1) is 0 Å². The number of hydrogen-bond donors (Lipinski definition) is 1. The Morgan fingerprint density at radius 2 is 1.68 bits per heavy atom. The van der Waals surface area contributed by atoms with Crippen LogP contribution < -0.4 is 16.6 Å². The van der Waals surface area contributed by atoms with Crippen LogP contribution in [0.4, 0.5) is 0 Å². The van der Waals surface area contributed by atoms with E-state index in [9.17, 15) is 14.4 Å². The molecule has 3 aromatic rings. The summed E-state index contributed by atoms with van der Waals surface area (Å²) >= 11 is 0. The molecule has 2 aromatic carbocycles. The van der Waals surface area contributed by atoms with Crippen LogP contribution in [0.1, 0.15) is 38.3 Å². The Hall–Kier alpha value is -3.15. The third kappa shape index (κ3) is 3.76. The van der Waals surface area contributed by atoms with E-state index in [4.69, 9.17) is 0 Å². The number of nitrogens with one attached hydrogen (secondary N) is 1. The number of para-hydroxylation sites is 1. The van der Waals surface area contributed by atoms with Gasteiger partial charge in [-0.2, -0.15) is 0 Å². The minimum Gasteiger partial charge on any atom is -0.354 e. The summed E-state index contributed by atoms with van der Waals surface area (Å²) in [5.41, 5.74) is 0.530. The van der Waals surface area contributed by atoms with Gasteiger partial charge in [0.2, 0.25) is 5.91 Å². The molecule has 0 unspecified atom stereocenters. The van der Waals surface area contributed by atoms with E-state index >= 15 is 0 Å². The number of fused-ring (bicyclic) bond motifs is 1. The molecule has 1 heterocycles. The number of benzene rings is 2. The first-order valence-corrected chi connectivity index (χ1v) is 9.64. The second kappa shape index (κ2) is 8.69. The van der Waals surface area contributed by atoms with E-state index in [2.05, 4.69) is 5.32 Å². The van der Waals surface area contributed by atoms with Gasteiger partial charge < -0.3 is 5.32 Å². The summed E-state index contributed by atoms with van der Waals surface area (Å²) in [7, 11) is 0. The van der Waals surface area contributed by atoms with E-state index in [0.29, 0.717) is 23.9 Å². The van der Waals surface area contributed by atoms with Crippen molar-refractivity contribution in [2.24, 2.45) is 0 Å². The zero-order valence-electron chi connectivity index (χ0n) is 16.2. The molecule has 0 saturated heterocycles. The van der Waals surface area contributed by atoms with Gasteiger partial charge in [-0.05, 0) is 30.5 Å². The molecule has 0 fully saturated rings. The summed E-state index contributed by atoms with van der Waals surface area (Å²) < 4.78 is 2.68. The Morgan fingerprint density at radius 1 is 1.00 bits per heavy atom. The van der Waals surface area contributed by atoms with Crippen molar-refractivity contribution < 1.29 is 4.79 Å². The highest BCUT2D eigenvalue weighted by molar-refractivity contribution is 5.84. The van der Waals surface area contributed by atoms with Gasteiger partial charge in [0.1, 0.15) is 6.04 Å². The van der Waals surface area contributed by atoms with Gasteiger partial charge in [0.15, 0.2) is 0 Å². The van der Waals surface area contributed by atoms with Crippen LogP contribution in [0.3, 0.4) is 0 Å². The van der Waals surface area contributed by atoms with Crippen molar-refractivity contribution in [2.75, 3.05) is 6.54 Å². The summed E-state index contributed by atoms with van der Waals surface area (Å²) in [5.74, 6) is -0.207. The largest absolute Gasteiger partial charge is 0.354 e. The average Bonchev–Trinajstić information content (AvgIpc) is 2.73. The van der Waals surface area contributed by atoms with Crippen LogP contribution in [0.25, 0.3) is 10.9 Å². The van der Waals surface area contributed by atoms with Crippen molar-refractivity contribution in [3.63, 3.8) is 0 Å². The molecule has 0 aliphatic carbocycles. The Balaban J connectivity index is 2.22. The second-order valence-electron chi connectivity index (χ2n) is 6.76. The monoisotopic (exact) mass is 379 g/mol. The molecule has 1 N–H and O–H groups in total. The molecule has 6 heteroatoms. The fourth-order valence-electron chi connectivity index (χ4n) is 3.39. The highest BCUT2D eigenvalue weighted by Crippen LogP contribution is 2.17. The lowest BCUT2D eigenvalue weighted by Gasteiger charge is -2.21. The summed E-state index contributed by atoms with van der Waals surface area (Å²) in [6.07, 6.45) is 1.26. The van der Waals surface area contributed by atoms with Crippen LogP contribution >= 0.6 is 0 Å². The normalized spacial score (nSPS) is 12.1. The number of amides is 1. The van der Waals surface area contributed by atoms with E-state index in [1.165, 1.54) is 9.13 Å². The zero-order chi connectivity index (χ0) is 20.1. The topological polar surface area (TPSA) is 73.1 Å². The minimum absolute atomic E-state index is 0.163. The number of carbonyl (C=O) groups is 1. The van der Waals surface area contributed by atoms with Crippen molar-refractivity contribution in [1.29, 1.82) is 0 Å². The molecule has 6 nitrogen and oxygen atoms in total. The molecule has 0 saturated carbocycles. The van der Waals surface area contributed by atoms with E-state index in [-0.39, 0.29) is 18.0 Å². The standard InChI is InChI=1S/C22H25N3O3/c1-3-14-23-20(26)18(4-2)25-19-13-9-8-12-17(19)21(27)24(22(25)28)15-16-10-6-5-7-11-16/h5-13,18H,3-4,14-15H2,1-2H3,(H,23,26)/t18-/m0/s1. The predicted octanol–water partition coefficient (Wildman–Crippen LogP) is 2.69. The molecule has 1 aromatic heterocycles. The third-order valence-electron chi connectivity index (χ3n) is 4.81. The summed E-state index contributed by atoms with van der Waals surface area (Å²) in [6.45, 7) is 4.55. The fraction of sp³-hybridized carbons (Fsp3) is 0.318. The van der Waals surface area contributed by atoms with E-state index < -0.39 is 11.7 Å². The van der Waals surface area contributed by atoms with Crippen molar-refractivity contribution in [3.8, 4) is 0 Å². The van der Waals surface area contributed by atoms with Crippen LogP contribution in [-0.4, -0.2) is 21.6 Å². The molecule has 146 valence electrons. The lowest BCUT2D eigenvalue weighted by atomic mass is 10.1. The third-order valence-corrected chi connectivity index (χ3v) is 4.81. The van der Waals surface area contributed by atoms with Gasteiger partial charge in [0.25, 0.3) is 5.56 Å². The van der Waals surface area contributed by atoms with E-state index in [1.807, 2.05) is 44.2 Å². The quantitative estimate of drug-likeness (QED) is 0.686. The predicted molar refractivity (Wildman–Crippen MR) is 111 cm³/mol. The maximum absolute atomic E-state index is 13.3. The van der Waals surface area contributed by atoms with Crippen molar-refractivity contribution >= 4 is 16.8 Å². The Labute approximate surface area is 163 Å². The second-order valence-corrected chi connectivity index (χ2v) is 6.76. The first kappa shape index (κ1) is 19.6. The van der Waals surface area contributed by atoms with Crippen LogP contribution in [0.15, 0.2) is 64.2 Å². The van der Waals surface area contributed by atoms with Crippen LogP contribution in [0.5, 0.6) is 0 Å². The molecule has 0 radical (unpaired) electrons. The number of aromatic nitrogens is 2. The maximum atomic E-state index is 13.3. The van der Waals surface area contributed by atoms with E-state index in [1.54, 1.807) is 24.3 Å². The van der Waals surface area contributed by atoms with Gasteiger partial charge in [-0.15, -0.1) is 0 Å². The first-order chi connectivity index (χ1) is 13.6. The van der Waals surface area contributed by atoms with Gasteiger partial charge in [-0.3, -0.25) is 18.7 Å². The lowest BCUT2D eigenvalue weighted by molar-refractivity contribution is -0.124. The number of carbonyl (C=O) groups excluding carboxylic acids is 1. The van der Waals surface area contributed by atoms with Gasteiger partial charge in [-0.1, -0.05) is 56.3 Å². The zero-order valence-corrected chi connectivity index (χ0v) is 16.2. The first-order valence-electron chi connectivity index (χ1n) is 9.64.